The van der Waals surface area contributed by atoms with Gasteiger partial charge in [0.2, 0.25) is 5.79 Å². The van der Waals surface area contributed by atoms with Crippen molar-refractivity contribution in [1.29, 1.82) is 0 Å². The Balaban J connectivity index is 1.48. The van der Waals surface area contributed by atoms with Crippen molar-refractivity contribution in [2.45, 2.75) is 12.7 Å². The van der Waals surface area contributed by atoms with Crippen LogP contribution in [0.15, 0.2) is 17.8 Å². The number of hydrogen-bond acceptors (Lipinski definition) is 7. The van der Waals surface area contributed by atoms with Gasteiger partial charge in [-0.15, -0.1) is 11.3 Å². The first-order valence-electron chi connectivity index (χ1n) is 8.73. The Bertz CT molecular complexity index is 793. The summed E-state index contributed by atoms with van der Waals surface area (Å²) in [6.07, 6.45) is 3.24. The van der Waals surface area contributed by atoms with Crippen LogP contribution >= 0.6 is 11.3 Å². The van der Waals surface area contributed by atoms with Crippen LogP contribution in [0.1, 0.15) is 25.9 Å². The average Bonchev–Trinajstić information content (AvgIpc) is 3.29. The third-order valence-corrected chi connectivity index (χ3v) is 5.45. The highest BCUT2D eigenvalue weighted by Gasteiger charge is 2.45. The minimum Gasteiger partial charge on any atom is -0.345 e. The van der Waals surface area contributed by atoms with Gasteiger partial charge in [-0.25, -0.2) is 4.98 Å². The normalized spacial score (nSPS) is 23.0. The van der Waals surface area contributed by atoms with E-state index in [2.05, 4.69) is 10.1 Å². The summed E-state index contributed by atoms with van der Waals surface area (Å²) in [5, 5.41) is 6.67. The zero-order valence-corrected chi connectivity index (χ0v) is 16.1. The third kappa shape index (κ3) is 3.60. The molecule has 0 aromatic carbocycles. The van der Waals surface area contributed by atoms with Gasteiger partial charge in [0, 0.05) is 31.7 Å². The summed E-state index contributed by atoms with van der Waals surface area (Å²) in [4.78, 5) is 33.2. The minimum absolute atomic E-state index is 0.118. The van der Waals surface area contributed by atoms with E-state index in [4.69, 9.17) is 9.47 Å². The fourth-order valence-electron chi connectivity index (χ4n) is 3.38. The fraction of sp³-hybridized carbons (Fsp3) is 0.529. The predicted molar refractivity (Wildman–Crippen MR) is 96.5 cm³/mol. The highest BCUT2D eigenvalue weighted by atomic mass is 32.1. The molecule has 0 saturated carbocycles. The largest absolute Gasteiger partial charge is 0.345 e. The molecule has 0 bridgehead atoms. The molecule has 0 N–H and O–H groups in total. The lowest BCUT2D eigenvalue weighted by molar-refractivity contribution is -0.282. The number of carbonyl (C=O) groups excluding carboxylic acids is 2. The fourth-order valence-corrected chi connectivity index (χ4v) is 3.97. The summed E-state index contributed by atoms with van der Waals surface area (Å²) in [7, 11) is 1.77. The van der Waals surface area contributed by atoms with Crippen LogP contribution in [0.4, 0.5) is 0 Å². The molecule has 2 aromatic rings. The lowest BCUT2D eigenvalue weighted by atomic mass is 10.1. The Kier molecular flexibility index (Phi) is 4.70. The minimum atomic E-state index is -1.00. The van der Waals surface area contributed by atoms with Crippen LogP contribution in [-0.4, -0.2) is 81.6 Å². The molecule has 2 saturated heterocycles. The molecule has 27 heavy (non-hydrogen) atoms. The molecule has 2 aliphatic heterocycles. The van der Waals surface area contributed by atoms with Crippen LogP contribution in [0.25, 0.3) is 0 Å². The van der Waals surface area contributed by atoms with Gasteiger partial charge in [-0.05, 0) is 6.92 Å². The summed E-state index contributed by atoms with van der Waals surface area (Å²) >= 11 is 1.45. The first-order valence-corrected chi connectivity index (χ1v) is 9.61. The van der Waals surface area contributed by atoms with E-state index >= 15 is 0 Å². The maximum Gasteiger partial charge on any atom is 0.273 e. The van der Waals surface area contributed by atoms with E-state index in [9.17, 15) is 9.59 Å². The Morgan fingerprint density at radius 1 is 1.15 bits per heavy atom. The van der Waals surface area contributed by atoms with E-state index in [1.807, 2.05) is 6.92 Å². The van der Waals surface area contributed by atoms with Crippen molar-refractivity contribution >= 4 is 23.2 Å². The number of amides is 2. The lowest BCUT2D eigenvalue weighted by Gasteiger charge is -2.47. The van der Waals surface area contributed by atoms with Crippen molar-refractivity contribution in [1.82, 2.24) is 24.6 Å². The average molecular weight is 391 g/mol. The zero-order valence-electron chi connectivity index (χ0n) is 15.3. The van der Waals surface area contributed by atoms with Crippen molar-refractivity contribution in [3.63, 3.8) is 0 Å². The van der Waals surface area contributed by atoms with Gasteiger partial charge in [0.15, 0.2) is 0 Å². The molecule has 0 aliphatic carbocycles. The molecule has 4 heterocycles. The van der Waals surface area contributed by atoms with Gasteiger partial charge >= 0.3 is 0 Å². The summed E-state index contributed by atoms with van der Waals surface area (Å²) in [5.41, 5.74) is 0.963. The number of hydrogen-bond donors (Lipinski definition) is 0. The number of nitrogens with zero attached hydrogens (tertiary/aromatic N) is 5. The van der Waals surface area contributed by atoms with Crippen LogP contribution < -0.4 is 0 Å². The van der Waals surface area contributed by atoms with Crippen molar-refractivity contribution in [3.05, 3.63) is 34.0 Å². The first-order chi connectivity index (χ1) is 13.0. The smallest absolute Gasteiger partial charge is 0.273 e. The second-order valence-corrected chi connectivity index (χ2v) is 7.78. The van der Waals surface area contributed by atoms with Crippen LogP contribution in [0.2, 0.25) is 0 Å². The van der Waals surface area contributed by atoms with E-state index < -0.39 is 5.79 Å². The number of morpholine rings is 2. The molecule has 10 heteroatoms. The molecule has 2 aliphatic rings. The molecule has 1 spiro atoms. The van der Waals surface area contributed by atoms with E-state index in [0.717, 1.165) is 5.01 Å². The Morgan fingerprint density at radius 2 is 1.81 bits per heavy atom. The van der Waals surface area contributed by atoms with Gasteiger partial charge in [-0.2, -0.15) is 5.10 Å². The van der Waals surface area contributed by atoms with Gasteiger partial charge in [0.1, 0.15) is 5.69 Å². The van der Waals surface area contributed by atoms with Crippen molar-refractivity contribution in [2.75, 3.05) is 39.4 Å². The molecule has 1 atom stereocenters. The second kappa shape index (κ2) is 7.02. The molecule has 9 nitrogen and oxygen atoms in total. The number of rotatable bonds is 2. The number of ether oxygens (including phenoxy) is 2. The summed E-state index contributed by atoms with van der Waals surface area (Å²) in [6, 6.07) is 0. The molecule has 2 fully saturated rings. The quantitative estimate of drug-likeness (QED) is 0.742. The van der Waals surface area contributed by atoms with E-state index in [0.29, 0.717) is 37.6 Å². The second-order valence-electron chi connectivity index (χ2n) is 6.72. The zero-order chi connectivity index (χ0) is 19.0. The third-order valence-electron chi connectivity index (χ3n) is 4.68. The standard InChI is InChI=1S/C17H21N5O4S/c1-12-19-14(9-27-12)16(24)22-4-6-26-17(11-22)10-21(3-5-25-17)15(23)13-7-18-20(2)8-13/h7-9H,3-6,10-11H2,1-2H3. The predicted octanol–water partition coefficient (Wildman–Crippen LogP) is 0.526. The van der Waals surface area contributed by atoms with Crippen molar-refractivity contribution in [2.24, 2.45) is 7.05 Å². The maximum atomic E-state index is 12.8. The van der Waals surface area contributed by atoms with Gasteiger partial charge < -0.3 is 19.3 Å². The van der Waals surface area contributed by atoms with Crippen LogP contribution in [0, 0.1) is 6.92 Å². The van der Waals surface area contributed by atoms with Gasteiger partial charge in [0.05, 0.1) is 43.1 Å². The topological polar surface area (TPSA) is 89.8 Å². The summed E-state index contributed by atoms with van der Waals surface area (Å²) in [6.45, 7) is 4.04. The highest BCUT2D eigenvalue weighted by Crippen LogP contribution is 2.26. The van der Waals surface area contributed by atoms with Crippen molar-refractivity contribution < 1.29 is 19.1 Å². The molecular formula is C17H21N5O4S. The van der Waals surface area contributed by atoms with Crippen LogP contribution in [0.3, 0.4) is 0 Å². The number of aromatic nitrogens is 3. The monoisotopic (exact) mass is 391 g/mol. The molecular weight excluding hydrogens is 370 g/mol. The molecule has 144 valence electrons. The lowest BCUT2D eigenvalue weighted by Crippen LogP contribution is -2.63. The molecule has 2 amide bonds. The highest BCUT2D eigenvalue weighted by molar-refractivity contribution is 7.09. The van der Waals surface area contributed by atoms with E-state index in [-0.39, 0.29) is 24.9 Å². The first kappa shape index (κ1) is 18.1. The maximum absolute atomic E-state index is 12.8. The SMILES string of the molecule is Cc1nc(C(=O)N2CCOC3(CN(C(=O)c4cnn(C)c4)CCO3)C2)cs1. The summed E-state index contributed by atoms with van der Waals surface area (Å²) < 4.78 is 13.4. The Hall–Kier alpha value is -2.30. The molecule has 2 aromatic heterocycles. The van der Waals surface area contributed by atoms with E-state index in [1.165, 1.54) is 11.3 Å². The summed E-state index contributed by atoms with van der Waals surface area (Å²) in [5.74, 6) is -1.26. The number of carbonyl (C=O) groups is 2. The van der Waals surface area contributed by atoms with Gasteiger partial charge in [-0.1, -0.05) is 0 Å². The number of aryl methyl sites for hydroxylation is 2. The molecule has 4 rings (SSSR count). The molecule has 1 unspecified atom stereocenters. The Labute approximate surface area is 160 Å². The Morgan fingerprint density at radius 3 is 2.37 bits per heavy atom. The van der Waals surface area contributed by atoms with Crippen LogP contribution in [0.5, 0.6) is 0 Å². The van der Waals surface area contributed by atoms with Gasteiger partial charge in [0.25, 0.3) is 11.8 Å². The van der Waals surface area contributed by atoms with Gasteiger partial charge in [-0.3, -0.25) is 14.3 Å². The van der Waals surface area contributed by atoms with Crippen LogP contribution in [-0.2, 0) is 16.5 Å². The van der Waals surface area contributed by atoms with E-state index in [1.54, 1.807) is 39.3 Å². The molecule has 0 radical (unpaired) electrons. The number of thiazole rings is 1. The van der Waals surface area contributed by atoms with Crippen molar-refractivity contribution in [3.8, 4) is 0 Å².